The van der Waals surface area contributed by atoms with Crippen LogP contribution in [0.3, 0.4) is 0 Å². The number of hydrogen-bond donors (Lipinski definition) is 3. The molecule has 2 heterocycles. The summed E-state index contributed by atoms with van der Waals surface area (Å²) >= 11 is 1.44. The lowest BCUT2D eigenvalue weighted by Crippen LogP contribution is -2.27. The van der Waals surface area contributed by atoms with Gasteiger partial charge in [-0.25, -0.2) is 4.79 Å². The highest BCUT2D eigenvalue weighted by atomic mass is 32.1. The molecule has 0 saturated heterocycles. The van der Waals surface area contributed by atoms with E-state index in [1.165, 1.54) is 17.6 Å². The molecule has 2 aromatic heterocycles. The largest absolute Gasteiger partial charge is 0.466 e. The summed E-state index contributed by atoms with van der Waals surface area (Å²) in [6.07, 6.45) is 0.754. The van der Waals surface area contributed by atoms with E-state index in [0.717, 1.165) is 21.0 Å². The molecule has 1 atom stereocenters. The third kappa shape index (κ3) is 4.04. The zero-order valence-corrected chi connectivity index (χ0v) is 14.0. The molecule has 0 aliphatic heterocycles. The van der Waals surface area contributed by atoms with E-state index in [-0.39, 0.29) is 6.03 Å². The number of carbonyl (C=O) groups is 1. The van der Waals surface area contributed by atoms with Gasteiger partial charge in [-0.05, 0) is 43.3 Å². The molecular formula is C18H18N2O3S. The molecule has 0 bridgehead atoms. The van der Waals surface area contributed by atoms with E-state index in [1.54, 1.807) is 12.1 Å². The summed E-state index contributed by atoms with van der Waals surface area (Å²) in [4.78, 5) is 13.6. The molecule has 0 fully saturated rings. The fraction of sp³-hybridized carbons (Fsp3) is 0.167. The molecule has 124 valence electrons. The average Bonchev–Trinajstić information content (AvgIpc) is 3.26. The maximum Gasteiger partial charge on any atom is 0.319 e. The van der Waals surface area contributed by atoms with Crippen molar-refractivity contribution in [3.05, 3.63) is 75.9 Å². The molecule has 0 spiro atoms. The summed E-state index contributed by atoms with van der Waals surface area (Å²) in [7, 11) is 0. The maximum atomic E-state index is 11.9. The van der Waals surface area contributed by atoms with Gasteiger partial charge in [0, 0.05) is 15.4 Å². The number of hydrogen-bond acceptors (Lipinski definition) is 4. The summed E-state index contributed by atoms with van der Waals surface area (Å²) < 4.78 is 5.21. The molecule has 2 amide bonds. The number of aliphatic hydroxyl groups is 1. The number of rotatable bonds is 5. The molecule has 3 aromatic rings. The minimum atomic E-state index is -0.778. The zero-order valence-electron chi connectivity index (χ0n) is 13.2. The monoisotopic (exact) mass is 342 g/mol. The normalized spacial score (nSPS) is 11.9. The number of aliphatic hydroxyl groups excluding tert-OH is 1. The number of amides is 2. The topological polar surface area (TPSA) is 74.5 Å². The van der Waals surface area contributed by atoms with E-state index in [1.807, 2.05) is 43.3 Å². The van der Waals surface area contributed by atoms with E-state index in [4.69, 9.17) is 4.42 Å². The lowest BCUT2D eigenvalue weighted by molar-refractivity contribution is 0.193. The van der Waals surface area contributed by atoms with E-state index >= 15 is 0 Å². The first-order valence-electron chi connectivity index (χ1n) is 7.53. The number of carbonyl (C=O) groups excluding carboxylic acids is 1. The molecule has 6 heteroatoms. The Hall–Kier alpha value is -2.57. The summed E-state index contributed by atoms with van der Waals surface area (Å²) in [5, 5.41) is 15.8. The standard InChI is InChI=1S/C18H18N2O3S/c1-12-4-6-13(7-5-12)20-18(22)19-11-14-8-9-16(24-14)17(21)15-3-2-10-23-15/h2-10,17,21H,11H2,1H3,(H2,19,20,22). The summed E-state index contributed by atoms with van der Waals surface area (Å²) in [5.74, 6) is 0.508. The van der Waals surface area contributed by atoms with E-state index in [2.05, 4.69) is 10.6 Å². The van der Waals surface area contributed by atoms with Gasteiger partial charge >= 0.3 is 6.03 Å². The Labute approximate surface area is 143 Å². The van der Waals surface area contributed by atoms with Crippen LogP contribution in [0.5, 0.6) is 0 Å². The van der Waals surface area contributed by atoms with Gasteiger partial charge in [0.15, 0.2) is 0 Å². The number of thiophene rings is 1. The number of aryl methyl sites for hydroxylation is 1. The van der Waals surface area contributed by atoms with Crippen LogP contribution in [0, 0.1) is 6.92 Å². The molecule has 0 aliphatic carbocycles. The maximum absolute atomic E-state index is 11.9. The van der Waals surface area contributed by atoms with Crippen molar-refractivity contribution in [1.29, 1.82) is 0 Å². The fourth-order valence-corrected chi connectivity index (χ4v) is 3.15. The van der Waals surface area contributed by atoms with Crippen LogP contribution in [-0.2, 0) is 6.54 Å². The first-order chi connectivity index (χ1) is 11.6. The van der Waals surface area contributed by atoms with Crippen molar-refractivity contribution in [2.75, 3.05) is 5.32 Å². The Balaban J connectivity index is 1.53. The Morgan fingerprint density at radius 3 is 2.71 bits per heavy atom. The van der Waals surface area contributed by atoms with Gasteiger partial charge in [-0.1, -0.05) is 17.7 Å². The molecule has 1 unspecified atom stereocenters. The van der Waals surface area contributed by atoms with Crippen molar-refractivity contribution in [2.24, 2.45) is 0 Å². The van der Waals surface area contributed by atoms with Crippen molar-refractivity contribution in [2.45, 2.75) is 19.6 Å². The van der Waals surface area contributed by atoms with Crippen molar-refractivity contribution < 1.29 is 14.3 Å². The van der Waals surface area contributed by atoms with Gasteiger partial charge in [0.1, 0.15) is 11.9 Å². The number of nitrogens with one attached hydrogen (secondary N) is 2. The minimum absolute atomic E-state index is 0.264. The highest BCUT2D eigenvalue weighted by molar-refractivity contribution is 7.12. The highest BCUT2D eigenvalue weighted by Crippen LogP contribution is 2.28. The average molecular weight is 342 g/mol. The Bertz CT molecular complexity index is 794. The van der Waals surface area contributed by atoms with Crippen molar-refractivity contribution in [1.82, 2.24) is 5.32 Å². The van der Waals surface area contributed by atoms with Crippen molar-refractivity contribution >= 4 is 23.1 Å². The second kappa shape index (κ2) is 7.33. The smallest absolute Gasteiger partial charge is 0.319 e. The van der Waals surface area contributed by atoms with Crippen LogP contribution in [0.15, 0.2) is 59.2 Å². The zero-order chi connectivity index (χ0) is 16.9. The van der Waals surface area contributed by atoms with Crippen molar-refractivity contribution in [3.63, 3.8) is 0 Å². The van der Waals surface area contributed by atoms with Crippen LogP contribution >= 0.6 is 11.3 Å². The predicted octanol–water partition coefficient (Wildman–Crippen LogP) is 4.05. The summed E-state index contributed by atoms with van der Waals surface area (Å²) in [6, 6.07) is 14.5. The van der Waals surface area contributed by atoms with Gasteiger partial charge in [0.25, 0.3) is 0 Å². The quantitative estimate of drug-likeness (QED) is 0.655. The number of anilines is 1. The molecule has 5 nitrogen and oxygen atoms in total. The second-order valence-electron chi connectivity index (χ2n) is 5.40. The van der Waals surface area contributed by atoms with Crippen LogP contribution < -0.4 is 10.6 Å². The van der Waals surface area contributed by atoms with E-state index in [9.17, 15) is 9.90 Å². The molecule has 3 rings (SSSR count). The SMILES string of the molecule is Cc1ccc(NC(=O)NCc2ccc(C(O)c3ccco3)s2)cc1. The number of urea groups is 1. The van der Waals surface area contributed by atoms with Crippen molar-refractivity contribution in [3.8, 4) is 0 Å². The lowest BCUT2D eigenvalue weighted by Gasteiger charge is -2.07. The molecule has 0 radical (unpaired) electrons. The third-order valence-electron chi connectivity index (χ3n) is 3.50. The van der Waals surface area contributed by atoms with Crippen LogP contribution in [0.4, 0.5) is 10.5 Å². The lowest BCUT2D eigenvalue weighted by atomic mass is 10.2. The molecular weight excluding hydrogens is 324 g/mol. The number of furan rings is 1. The molecule has 24 heavy (non-hydrogen) atoms. The first-order valence-corrected chi connectivity index (χ1v) is 8.35. The van der Waals surface area contributed by atoms with Crippen LogP contribution in [0.25, 0.3) is 0 Å². The van der Waals surface area contributed by atoms with Gasteiger partial charge in [0.2, 0.25) is 0 Å². The van der Waals surface area contributed by atoms with Crippen LogP contribution in [-0.4, -0.2) is 11.1 Å². The third-order valence-corrected chi connectivity index (χ3v) is 4.63. The van der Waals surface area contributed by atoms with Crippen LogP contribution in [0.1, 0.15) is 27.2 Å². The molecule has 0 aliphatic rings. The molecule has 3 N–H and O–H groups in total. The van der Waals surface area contributed by atoms with E-state index in [0.29, 0.717) is 12.3 Å². The van der Waals surface area contributed by atoms with E-state index < -0.39 is 6.10 Å². The first kappa shape index (κ1) is 16.3. The molecule has 1 aromatic carbocycles. The predicted molar refractivity (Wildman–Crippen MR) is 94.1 cm³/mol. The van der Waals surface area contributed by atoms with Gasteiger partial charge in [0.05, 0.1) is 12.8 Å². The Morgan fingerprint density at radius 2 is 2.00 bits per heavy atom. The second-order valence-corrected chi connectivity index (χ2v) is 6.60. The van der Waals surface area contributed by atoms with Gasteiger partial charge < -0.3 is 20.2 Å². The Morgan fingerprint density at radius 1 is 1.21 bits per heavy atom. The van der Waals surface area contributed by atoms with Gasteiger partial charge in [-0.2, -0.15) is 0 Å². The Kier molecular flexibility index (Phi) is 4.98. The minimum Gasteiger partial charge on any atom is -0.466 e. The van der Waals surface area contributed by atoms with Gasteiger partial charge in [-0.3, -0.25) is 0 Å². The summed E-state index contributed by atoms with van der Waals surface area (Å²) in [5.41, 5.74) is 1.89. The highest BCUT2D eigenvalue weighted by Gasteiger charge is 2.15. The van der Waals surface area contributed by atoms with Gasteiger partial charge in [-0.15, -0.1) is 11.3 Å². The summed E-state index contributed by atoms with van der Waals surface area (Å²) in [6.45, 7) is 2.39. The fourth-order valence-electron chi connectivity index (χ4n) is 2.20. The van der Waals surface area contributed by atoms with Crippen LogP contribution in [0.2, 0.25) is 0 Å². The molecule has 0 saturated carbocycles. The number of benzene rings is 1.